The number of nitrogens with zero attached hydrogens (tertiary/aromatic N) is 2. The van der Waals surface area contributed by atoms with Gasteiger partial charge in [-0.05, 0) is 61.1 Å². The highest BCUT2D eigenvalue weighted by Gasteiger charge is 2.24. The van der Waals surface area contributed by atoms with Crippen molar-refractivity contribution >= 4 is 43.5 Å². The van der Waals surface area contributed by atoms with Crippen molar-refractivity contribution in [3.8, 4) is 5.75 Å². The van der Waals surface area contributed by atoms with Crippen LogP contribution in [0, 0.1) is 11.8 Å². The molecule has 0 atom stereocenters. The Kier molecular flexibility index (Phi) is 6.93. The Hall–Kier alpha value is -3.43. The summed E-state index contributed by atoms with van der Waals surface area (Å²) < 4.78 is 34.3. The number of hydrogen-bond donors (Lipinski definition) is 3. The summed E-state index contributed by atoms with van der Waals surface area (Å²) in [4.78, 5) is 9.35. The van der Waals surface area contributed by atoms with E-state index in [9.17, 15) is 8.42 Å². The van der Waals surface area contributed by atoms with Crippen LogP contribution in [0.3, 0.4) is 0 Å². The molecule has 0 radical (unpaired) electrons. The number of anilines is 2. The van der Waals surface area contributed by atoms with Crippen molar-refractivity contribution < 1.29 is 13.2 Å². The van der Waals surface area contributed by atoms with Crippen LogP contribution in [0.1, 0.15) is 25.7 Å². The Bertz CT molecular complexity index is 1480. The number of nitrogens with one attached hydrogen (secondary N) is 2. The van der Waals surface area contributed by atoms with E-state index >= 15 is 0 Å². The third kappa shape index (κ3) is 5.08. The van der Waals surface area contributed by atoms with E-state index in [1.807, 2.05) is 48.5 Å². The quantitative estimate of drug-likeness (QED) is 0.321. The van der Waals surface area contributed by atoms with Crippen molar-refractivity contribution in [1.82, 2.24) is 14.7 Å². The van der Waals surface area contributed by atoms with E-state index < -0.39 is 10.0 Å². The van der Waals surface area contributed by atoms with Crippen molar-refractivity contribution in [2.24, 2.45) is 11.8 Å². The van der Waals surface area contributed by atoms with Gasteiger partial charge in [0.15, 0.2) is 0 Å². The predicted octanol–water partition coefficient (Wildman–Crippen LogP) is 4.57. The second-order valence-electron chi connectivity index (χ2n) is 9.38. The minimum Gasteiger partial charge on any atom is -0.496 e. The largest absolute Gasteiger partial charge is 0.496 e. The Balaban J connectivity index is 1.15. The van der Waals surface area contributed by atoms with Crippen LogP contribution in [0.5, 0.6) is 5.75 Å². The molecule has 9 heteroatoms. The van der Waals surface area contributed by atoms with Gasteiger partial charge >= 0.3 is 0 Å². The van der Waals surface area contributed by atoms with Crippen LogP contribution in [0.2, 0.25) is 0 Å². The van der Waals surface area contributed by atoms with E-state index in [2.05, 4.69) is 20.0 Å². The zero-order valence-electron chi connectivity index (χ0n) is 20.3. The molecule has 1 aromatic heterocycles. The average Bonchev–Trinajstić information content (AvgIpc) is 2.90. The number of benzene rings is 3. The molecule has 1 aliphatic carbocycles. The summed E-state index contributed by atoms with van der Waals surface area (Å²) >= 11 is 0. The number of ether oxygens (including phenoxy) is 1. The molecule has 0 bridgehead atoms. The molecule has 188 valence electrons. The number of hydrogen-bond acceptors (Lipinski definition) is 7. The molecular weight excluding hydrogens is 474 g/mol. The maximum Gasteiger partial charge on any atom is 0.241 e. The number of aromatic nitrogens is 2. The van der Waals surface area contributed by atoms with Crippen molar-refractivity contribution in [3.05, 3.63) is 60.7 Å². The van der Waals surface area contributed by atoms with Crippen LogP contribution in [0.25, 0.3) is 21.7 Å². The summed E-state index contributed by atoms with van der Waals surface area (Å²) in [7, 11) is -1.97. The van der Waals surface area contributed by atoms with Gasteiger partial charge in [-0.15, -0.1) is 0 Å². The molecule has 4 N–H and O–H groups in total. The minimum absolute atomic E-state index is 0.325. The van der Waals surface area contributed by atoms with Gasteiger partial charge in [0.1, 0.15) is 11.6 Å². The van der Waals surface area contributed by atoms with Gasteiger partial charge in [0.05, 0.1) is 22.9 Å². The topological polar surface area (TPSA) is 119 Å². The maximum atomic E-state index is 13.0. The maximum absolute atomic E-state index is 13.0. The van der Waals surface area contributed by atoms with E-state index in [4.69, 9.17) is 10.5 Å². The van der Waals surface area contributed by atoms with Crippen molar-refractivity contribution in [1.29, 1.82) is 0 Å². The molecular formula is C27H31N5O3S. The molecule has 0 unspecified atom stereocenters. The first-order valence-electron chi connectivity index (χ1n) is 12.3. The molecule has 0 amide bonds. The summed E-state index contributed by atoms with van der Waals surface area (Å²) in [6, 6.07) is 18.6. The molecule has 0 spiro atoms. The van der Waals surface area contributed by atoms with Crippen LogP contribution in [0.4, 0.5) is 11.8 Å². The van der Waals surface area contributed by atoms with Crippen molar-refractivity contribution in [2.45, 2.75) is 30.6 Å². The van der Waals surface area contributed by atoms with Crippen LogP contribution < -0.4 is 20.5 Å². The number of sulfonamides is 1. The van der Waals surface area contributed by atoms with Crippen LogP contribution >= 0.6 is 0 Å². The fraction of sp³-hybridized carbons (Fsp3) is 0.333. The highest BCUT2D eigenvalue weighted by molar-refractivity contribution is 7.89. The molecule has 1 saturated carbocycles. The predicted molar refractivity (Wildman–Crippen MR) is 144 cm³/mol. The van der Waals surface area contributed by atoms with Gasteiger partial charge in [0.2, 0.25) is 16.0 Å². The Labute approximate surface area is 211 Å². The zero-order valence-corrected chi connectivity index (χ0v) is 21.1. The molecule has 1 fully saturated rings. The summed E-state index contributed by atoms with van der Waals surface area (Å²) in [5.41, 5.74) is 6.92. The normalized spacial score (nSPS) is 18.4. The van der Waals surface area contributed by atoms with Gasteiger partial charge in [-0.1, -0.05) is 42.5 Å². The third-order valence-corrected chi connectivity index (χ3v) is 8.53. The summed E-state index contributed by atoms with van der Waals surface area (Å²) in [5, 5.41) is 5.73. The first-order valence-corrected chi connectivity index (χ1v) is 13.7. The van der Waals surface area contributed by atoms with Gasteiger partial charge in [0.25, 0.3) is 0 Å². The van der Waals surface area contributed by atoms with Gasteiger partial charge < -0.3 is 15.8 Å². The fourth-order valence-corrected chi connectivity index (χ4v) is 6.38. The first kappa shape index (κ1) is 24.3. The third-order valence-electron chi connectivity index (χ3n) is 7.05. The lowest BCUT2D eigenvalue weighted by molar-refractivity contribution is 0.284. The molecule has 8 nitrogen and oxygen atoms in total. The smallest absolute Gasteiger partial charge is 0.241 e. The highest BCUT2D eigenvalue weighted by atomic mass is 32.2. The van der Waals surface area contributed by atoms with E-state index in [0.29, 0.717) is 40.8 Å². The number of nitrogen functional groups attached to an aromatic ring is 1. The van der Waals surface area contributed by atoms with Crippen LogP contribution in [0.15, 0.2) is 65.6 Å². The number of fused-ring (bicyclic) bond motifs is 2. The van der Waals surface area contributed by atoms with E-state index in [0.717, 1.165) is 53.9 Å². The van der Waals surface area contributed by atoms with Crippen molar-refractivity contribution in [2.75, 3.05) is 31.2 Å². The van der Waals surface area contributed by atoms with Crippen molar-refractivity contribution in [3.63, 3.8) is 0 Å². The summed E-state index contributed by atoms with van der Waals surface area (Å²) in [6.45, 7) is 1.21. The molecule has 3 aromatic carbocycles. The molecule has 0 aliphatic heterocycles. The summed E-state index contributed by atoms with van der Waals surface area (Å²) in [5.74, 6) is 2.36. The van der Waals surface area contributed by atoms with Gasteiger partial charge in [-0.3, -0.25) is 0 Å². The molecule has 1 heterocycles. The number of methoxy groups -OCH3 is 1. The second kappa shape index (κ2) is 10.3. The monoisotopic (exact) mass is 505 g/mol. The lowest BCUT2D eigenvalue weighted by atomic mass is 9.82. The minimum atomic E-state index is -3.57. The molecule has 36 heavy (non-hydrogen) atoms. The van der Waals surface area contributed by atoms with E-state index in [1.165, 1.54) is 0 Å². The SMILES string of the molecule is COc1cccc2nc(NCC3CCC(CNS(=O)(=O)c4cccc5ccccc45)CC3)nc(N)c12. The second-order valence-corrected chi connectivity index (χ2v) is 11.1. The van der Waals surface area contributed by atoms with Gasteiger partial charge in [-0.25, -0.2) is 18.1 Å². The molecule has 0 saturated heterocycles. The summed E-state index contributed by atoms with van der Waals surface area (Å²) in [6.07, 6.45) is 3.99. The number of rotatable bonds is 8. The van der Waals surface area contributed by atoms with Crippen LogP contribution in [-0.4, -0.2) is 38.6 Å². The Morgan fingerprint density at radius 2 is 1.61 bits per heavy atom. The number of nitrogens with two attached hydrogens (primary N) is 1. The standard InChI is InChI=1S/C27H31N5O3S/c1-35-23-10-5-9-22-25(23)26(28)32-27(31-22)29-16-18-12-14-19(15-13-18)17-30-36(33,34)24-11-4-7-20-6-2-3-8-21(20)24/h2-11,18-19,30H,12-17H2,1H3,(H3,28,29,31,32). The fourth-order valence-electron chi connectivity index (χ4n) is 5.04. The Morgan fingerprint density at radius 1 is 0.917 bits per heavy atom. The van der Waals surface area contributed by atoms with Gasteiger partial charge in [-0.2, -0.15) is 4.98 Å². The first-order chi connectivity index (χ1) is 17.4. The average molecular weight is 506 g/mol. The lowest BCUT2D eigenvalue weighted by Crippen LogP contribution is -2.32. The highest BCUT2D eigenvalue weighted by Crippen LogP contribution is 2.31. The van der Waals surface area contributed by atoms with E-state index in [1.54, 1.807) is 19.2 Å². The molecule has 4 aromatic rings. The lowest BCUT2D eigenvalue weighted by Gasteiger charge is -2.28. The Morgan fingerprint density at radius 3 is 2.39 bits per heavy atom. The van der Waals surface area contributed by atoms with Crippen LogP contribution in [-0.2, 0) is 10.0 Å². The zero-order chi connectivity index (χ0) is 25.1. The van der Waals surface area contributed by atoms with Gasteiger partial charge in [0, 0.05) is 18.5 Å². The van der Waals surface area contributed by atoms with E-state index in [-0.39, 0.29) is 0 Å². The molecule has 1 aliphatic rings. The molecule has 5 rings (SSSR count).